The maximum absolute atomic E-state index is 7.23. The smallest absolute Gasteiger partial charge is 0.350 e. The van der Waals surface area contributed by atoms with Crippen LogP contribution in [-0.2, 0) is 12.3 Å². The van der Waals surface area contributed by atoms with Gasteiger partial charge < -0.3 is 12.3 Å². The molecule has 0 radical (unpaired) electrons. The standard InChI is InChI=1S/C22H40O3Si4/c1-9-26(3,4)23-28(7,21-17-13-11-14-18-21)25-29(8,24-27(5,6)10-2)22-19-15-12-16-20-22/h9-11,13-14,17-18,22H,1-2,12,15-16,19-20H2,3-8H3. The van der Waals surface area contributed by atoms with Crippen LogP contribution in [0.15, 0.2) is 54.9 Å². The van der Waals surface area contributed by atoms with Crippen molar-refractivity contribution in [2.75, 3.05) is 0 Å². The second kappa shape index (κ2) is 9.72. The van der Waals surface area contributed by atoms with Crippen LogP contribution in [0.1, 0.15) is 32.1 Å². The van der Waals surface area contributed by atoms with E-state index >= 15 is 0 Å². The van der Waals surface area contributed by atoms with Crippen LogP contribution in [0.5, 0.6) is 0 Å². The molecule has 29 heavy (non-hydrogen) atoms. The Kier molecular flexibility index (Phi) is 8.28. The molecular weight excluding hydrogens is 425 g/mol. The van der Waals surface area contributed by atoms with Crippen molar-refractivity contribution < 1.29 is 12.3 Å². The van der Waals surface area contributed by atoms with Crippen molar-refractivity contribution in [2.24, 2.45) is 0 Å². The summed E-state index contributed by atoms with van der Waals surface area (Å²) in [6.45, 7) is 21.5. The zero-order valence-electron chi connectivity index (χ0n) is 19.3. The van der Waals surface area contributed by atoms with Gasteiger partial charge >= 0.3 is 17.1 Å². The molecule has 0 N–H and O–H groups in total. The predicted octanol–water partition coefficient (Wildman–Crippen LogP) is 6.28. The minimum absolute atomic E-state index is 0.510. The van der Waals surface area contributed by atoms with Gasteiger partial charge in [-0.1, -0.05) is 61.0 Å². The molecule has 0 amide bonds. The first-order valence-corrected chi connectivity index (χ1v) is 21.6. The van der Waals surface area contributed by atoms with Crippen LogP contribution in [0.3, 0.4) is 0 Å². The van der Waals surface area contributed by atoms with Gasteiger partial charge in [-0.3, -0.25) is 0 Å². The molecule has 0 heterocycles. The van der Waals surface area contributed by atoms with Gasteiger partial charge in [-0.25, -0.2) is 0 Å². The molecule has 0 aromatic heterocycles. The summed E-state index contributed by atoms with van der Waals surface area (Å²) in [5.74, 6) is 0. The van der Waals surface area contributed by atoms with E-state index in [0.717, 1.165) is 0 Å². The minimum atomic E-state index is -2.70. The first kappa shape index (κ1) is 24.7. The average molecular weight is 465 g/mol. The molecule has 1 aliphatic rings. The Morgan fingerprint density at radius 3 is 1.79 bits per heavy atom. The fraction of sp³-hybridized carbons (Fsp3) is 0.545. The molecular formula is C22H40O3Si4. The molecule has 2 atom stereocenters. The van der Waals surface area contributed by atoms with Gasteiger partial charge in [0.25, 0.3) is 0 Å². The number of rotatable bonds is 10. The van der Waals surface area contributed by atoms with Crippen molar-refractivity contribution in [1.29, 1.82) is 0 Å². The van der Waals surface area contributed by atoms with Crippen LogP contribution in [0.25, 0.3) is 0 Å². The maximum Gasteiger partial charge on any atom is 0.350 e. The maximum atomic E-state index is 7.23. The van der Waals surface area contributed by atoms with Crippen molar-refractivity contribution in [3.63, 3.8) is 0 Å². The zero-order valence-corrected chi connectivity index (χ0v) is 23.3. The largest absolute Gasteiger partial charge is 0.433 e. The van der Waals surface area contributed by atoms with E-state index in [1.807, 2.05) is 11.4 Å². The van der Waals surface area contributed by atoms with Crippen molar-refractivity contribution in [2.45, 2.75) is 76.9 Å². The van der Waals surface area contributed by atoms with E-state index in [9.17, 15) is 0 Å². The molecule has 162 valence electrons. The molecule has 1 saturated carbocycles. The lowest BCUT2D eigenvalue weighted by Crippen LogP contribution is -2.65. The Morgan fingerprint density at radius 1 is 0.759 bits per heavy atom. The van der Waals surface area contributed by atoms with Crippen LogP contribution in [0.4, 0.5) is 0 Å². The highest BCUT2D eigenvalue weighted by molar-refractivity contribution is 6.96. The second-order valence-electron chi connectivity index (χ2n) is 9.58. The summed E-state index contributed by atoms with van der Waals surface area (Å²) in [7, 11) is -9.28. The fourth-order valence-corrected chi connectivity index (χ4v) is 21.8. The van der Waals surface area contributed by atoms with E-state index in [1.54, 1.807) is 0 Å². The van der Waals surface area contributed by atoms with Crippen molar-refractivity contribution in [3.8, 4) is 0 Å². The van der Waals surface area contributed by atoms with Crippen molar-refractivity contribution in [1.82, 2.24) is 0 Å². The van der Waals surface area contributed by atoms with Gasteiger partial charge in [0.2, 0.25) is 0 Å². The molecule has 1 aliphatic carbocycles. The Bertz CT molecular complexity index is 689. The normalized spacial score (nSPS) is 20.5. The highest BCUT2D eigenvalue weighted by Crippen LogP contribution is 2.41. The molecule has 2 unspecified atom stereocenters. The molecule has 0 saturated heterocycles. The SMILES string of the molecule is C=C[Si](C)(C)O[Si](C)(O[Si](C)(O[Si](C)(C)C=C)C1CCCCC1)c1ccccc1. The van der Waals surface area contributed by atoms with Crippen LogP contribution >= 0.6 is 0 Å². The summed E-state index contributed by atoms with van der Waals surface area (Å²) in [4.78, 5) is 0. The summed E-state index contributed by atoms with van der Waals surface area (Å²) >= 11 is 0. The van der Waals surface area contributed by atoms with Gasteiger partial charge in [0.15, 0.2) is 16.6 Å². The van der Waals surface area contributed by atoms with E-state index in [1.165, 1.54) is 37.3 Å². The van der Waals surface area contributed by atoms with Gasteiger partial charge in [-0.05, 0) is 57.3 Å². The van der Waals surface area contributed by atoms with Crippen molar-refractivity contribution in [3.05, 3.63) is 54.9 Å². The Balaban J connectivity index is 2.48. The first-order chi connectivity index (χ1) is 13.5. The third-order valence-corrected chi connectivity index (χ3v) is 21.9. The van der Waals surface area contributed by atoms with Crippen LogP contribution in [0.2, 0.25) is 44.8 Å². The zero-order chi connectivity index (χ0) is 21.8. The second-order valence-corrected chi connectivity index (χ2v) is 24.6. The lowest BCUT2D eigenvalue weighted by molar-refractivity contribution is 0.299. The monoisotopic (exact) mass is 464 g/mol. The van der Waals surface area contributed by atoms with Crippen LogP contribution in [-0.4, -0.2) is 33.8 Å². The quantitative estimate of drug-likeness (QED) is 0.381. The molecule has 1 fully saturated rings. The molecule has 1 aromatic rings. The summed E-state index contributed by atoms with van der Waals surface area (Å²) < 4.78 is 21.1. The summed E-state index contributed by atoms with van der Waals surface area (Å²) in [5.41, 5.74) is 4.55. The van der Waals surface area contributed by atoms with E-state index in [4.69, 9.17) is 12.3 Å². The Labute approximate surface area is 182 Å². The van der Waals surface area contributed by atoms with Gasteiger partial charge in [0, 0.05) is 5.54 Å². The molecule has 3 nitrogen and oxygen atoms in total. The van der Waals surface area contributed by atoms with Gasteiger partial charge in [-0.15, -0.1) is 13.2 Å². The van der Waals surface area contributed by atoms with E-state index in [-0.39, 0.29) is 0 Å². The number of hydrogen-bond donors (Lipinski definition) is 0. The van der Waals surface area contributed by atoms with Crippen molar-refractivity contribution >= 4 is 38.9 Å². The highest BCUT2D eigenvalue weighted by Gasteiger charge is 2.52. The minimum Gasteiger partial charge on any atom is -0.433 e. The topological polar surface area (TPSA) is 27.7 Å². The Hall–Kier alpha value is -0.552. The van der Waals surface area contributed by atoms with Crippen LogP contribution in [0, 0.1) is 0 Å². The molecule has 2 rings (SSSR count). The fourth-order valence-electron chi connectivity index (χ4n) is 4.19. The summed E-state index contributed by atoms with van der Waals surface area (Å²) in [6.07, 6.45) is 6.27. The molecule has 7 heteroatoms. The molecule has 0 spiro atoms. The molecule has 1 aromatic carbocycles. The van der Waals surface area contributed by atoms with Gasteiger partial charge in [-0.2, -0.15) is 0 Å². The van der Waals surface area contributed by atoms with E-state index < -0.39 is 33.8 Å². The molecule has 0 bridgehead atoms. The first-order valence-electron chi connectivity index (χ1n) is 10.9. The molecule has 0 aliphatic heterocycles. The third kappa shape index (κ3) is 6.72. The third-order valence-electron chi connectivity index (χ3n) is 5.95. The van der Waals surface area contributed by atoms with E-state index in [2.05, 4.69) is 82.8 Å². The van der Waals surface area contributed by atoms with Gasteiger partial charge in [0.05, 0.1) is 0 Å². The average Bonchev–Trinajstić information content (AvgIpc) is 2.68. The lowest BCUT2D eigenvalue weighted by Gasteiger charge is -2.47. The Morgan fingerprint density at radius 2 is 1.28 bits per heavy atom. The lowest BCUT2D eigenvalue weighted by atomic mass is 10.0. The van der Waals surface area contributed by atoms with Crippen LogP contribution < -0.4 is 5.19 Å². The highest BCUT2D eigenvalue weighted by atomic mass is 28.5. The summed E-state index contributed by atoms with van der Waals surface area (Å²) in [6, 6.07) is 10.5. The predicted molar refractivity (Wildman–Crippen MR) is 135 cm³/mol. The van der Waals surface area contributed by atoms with Gasteiger partial charge in [0.1, 0.15) is 0 Å². The van der Waals surface area contributed by atoms with E-state index in [0.29, 0.717) is 5.54 Å². The number of benzene rings is 1. The summed E-state index contributed by atoms with van der Waals surface area (Å²) in [5, 5.41) is 1.18. The number of hydrogen-bond acceptors (Lipinski definition) is 3.